The van der Waals surface area contributed by atoms with Gasteiger partial charge in [-0.15, -0.1) is 0 Å². The summed E-state index contributed by atoms with van der Waals surface area (Å²) >= 11 is 0. The molecular weight excluding hydrogens is 242 g/mol. The van der Waals surface area contributed by atoms with Crippen LogP contribution in [0.4, 0.5) is 5.69 Å². The predicted molar refractivity (Wildman–Crippen MR) is 83.8 cm³/mol. The molecule has 0 aliphatic heterocycles. The second-order valence-corrected chi connectivity index (χ2v) is 6.29. The first-order valence-electron chi connectivity index (χ1n) is 7.75. The standard InChI is InChI=1S/C19H21N/c1-3-7-16(8-4-1)15-20(18-9-5-2-6-10-18)19-13-11-17(19)12-14-19/h1-10,17H,11-15H2. The lowest BCUT2D eigenvalue weighted by Gasteiger charge is -2.64. The Labute approximate surface area is 121 Å². The number of para-hydroxylation sites is 1. The molecule has 0 N–H and O–H groups in total. The second kappa shape index (κ2) is 4.66. The molecule has 2 aliphatic carbocycles. The van der Waals surface area contributed by atoms with Crippen LogP contribution in [0.1, 0.15) is 31.2 Å². The van der Waals surface area contributed by atoms with E-state index in [9.17, 15) is 0 Å². The lowest BCUT2D eigenvalue weighted by molar-refractivity contribution is 0.00557. The summed E-state index contributed by atoms with van der Waals surface area (Å²) in [5, 5.41) is 0. The zero-order valence-corrected chi connectivity index (χ0v) is 11.8. The van der Waals surface area contributed by atoms with E-state index in [-0.39, 0.29) is 0 Å². The Bertz CT molecular complexity index is 567. The van der Waals surface area contributed by atoms with Gasteiger partial charge in [0, 0.05) is 17.8 Å². The van der Waals surface area contributed by atoms with E-state index in [0.29, 0.717) is 5.54 Å². The smallest absolute Gasteiger partial charge is 0.0435 e. The van der Waals surface area contributed by atoms with Crippen molar-refractivity contribution in [1.29, 1.82) is 0 Å². The Morgan fingerprint density at radius 2 is 1.45 bits per heavy atom. The zero-order chi connectivity index (χ0) is 13.4. The maximum absolute atomic E-state index is 2.68. The Morgan fingerprint density at radius 3 is 1.95 bits per heavy atom. The van der Waals surface area contributed by atoms with E-state index in [4.69, 9.17) is 0 Å². The third-order valence-electron chi connectivity index (χ3n) is 5.40. The first kappa shape index (κ1) is 12.0. The highest BCUT2D eigenvalue weighted by Crippen LogP contribution is 2.58. The van der Waals surface area contributed by atoms with Crippen LogP contribution in [0, 0.1) is 5.92 Å². The fourth-order valence-electron chi connectivity index (χ4n) is 4.00. The fraction of sp³-hybridized carbons (Fsp3) is 0.368. The van der Waals surface area contributed by atoms with E-state index >= 15 is 0 Å². The number of benzene rings is 2. The van der Waals surface area contributed by atoms with Crippen LogP contribution in [0.3, 0.4) is 0 Å². The number of anilines is 1. The van der Waals surface area contributed by atoms with Crippen molar-refractivity contribution >= 4 is 5.69 Å². The van der Waals surface area contributed by atoms with E-state index in [1.54, 1.807) is 0 Å². The van der Waals surface area contributed by atoms with Crippen LogP contribution < -0.4 is 4.90 Å². The molecule has 2 saturated carbocycles. The Kier molecular flexibility index (Phi) is 2.80. The van der Waals surface area contributed by atoms with E-state index in [2.05, 4.69) is 65.6 Å². The third-order valence-corrected chi connectivity index (χ3v) is 5.40. The summed E-state index contributed by atoms with van der Waals surface area (Å²) in [4.78, 5) is 2.68. The van der Waals surface area contributed by atoms with Crippen LogP contribution in [0.25, 0.3) is 0 Å². The molecule has 102 valence electrons. The van der Waals surface area contributed by atoms with Gasteiger partial charge in [0.05, 0.1) is 0 Å². The maximum atomic E-state index is 2.68. The van der Waals surface area contributed by atoms with Crippen LogP contribution in [0.5, 0.6) is 0 Å². The molecule has 1 heteroatoms. The van der Waals surface area contributed by atoms with Gasteiger partial charge in [-0.2, -0.15) is 0 Å². The van der Waals surface area contributed by atoms with Crippen molar-refractivity contribution < 1.29 is 0 Å². The Hall–Kier alpha value is -1.76. The lowest BCUT2D eigenvalue weighted by atomic mass is 9.52. The van der Waals surface area contributed by atoms with Gasteiger partial charge >= 0.3 is 0 Å². The van der Waals surface area contributed by atoms with Gasteiger partial charge in [0.15, 0.2) is 0 Å². The molecule has 2 aromatic rings. The van der Waals surface area contributed by atoms with Crippen molar-refractivity contribution in [3.05, 3.63) is 66.2 Å². The van der Waals surface area contributed by atoms with Crippen molar-refractivity contribution in [2.24, 2.45) is 5.92 Å². The van der Waals surface area contributed by atoms with Crippen LogP contribution >= 0.6 is 0 Å². The number of rotatable bonds is 4. The van der Waals surface area contributed by atoms with Crippen molar-refractivity contribution in [3.63, 3.8) is 0 Å². The van der Waals surface area contributed by atoms with Gasteiger partial charge in [-0.1, -0.05) is 48.5 Å². The maximum Gasteiger partial charge on any atom is 0.0435 e. The van der Waals surface area contributed by atoms with Crippen molar-refractivity contribution in [2.75, 3.05) is 4.90 Å². The summed E-state index contributed by atoms with van der Waals surface area (Å²) in [6, 6.07) is 21.9. The quantitative estimate of drug-likeness (QED) is 0.777. The fourth-order valence-corrected chi connectivity index (χ4v) is 4.00. The number of nitrogens with zero attached hydrogens (tertiary/aromatic N) is 1. The zero-order valence-electron chi connectivity index (χ0n) is 11.8. The van der Waals surface area contributed by atoms with E-state index in [1.807, 2.05) is 0 Å². The molecule has 0 atom stereocenters. The average Bonchev–Trinajstić information content (AvgIpc) is 2.51. The van der Waals surface area contributed by atoms with E-state index < -0.39 is 0 Å². The summed E-state index contributed by atoms with van der Waals surface area (Å²) in [6.07, 6.45) is 5.61. The minimum Gasteiger partial charge on any atom is -0.361 e. The van der Waals surface area contributed by atoms with Gasteiger partial charge in [0.2, 0.25) is 0 Å². The first-order chi connectivity index (χ1) is 9.88. The highest BCUT2D eigenvalue weighted by Gasteiger charge is 2.57. The van der Waals surface area contributed by atoms with Crippen LogP contribution in [-0.2, 0) is 6.54 Å². The molecule has 0 amide bonds. The molecular formula is C19H21N. The first-order valence-corrected chi connectivity index (χ1v) is 7.75. The molecule has 1 nitrogen and oxygen atoms in total. The molecule has 0 spiro atoms. The minimum atomic E-state index is 0.469. The summed E-state index contributed by atoms with van der Waals surface area (Å²) < 4.78 is 0. The molecule has 0 unspecified atom stereocenters. The topological polar surface area (TPSA) is 3.24 Å². The van der Waals surface area contributed by atoms with Gasteiger partial charge in [0.1, 0.15) is 0 Å². The minimum absolute atomic E-state index is 0.469. The lowest BCUT2D eigenvalue weighted by Crippen LogP contribution is -2.66. The van der Waals surface area contributed by atoms with Gasteiger partial charge in [-0.05, 0) is 49.3 Å². The Morgan fingerprint density at radius 1 is 0.850 bits per heavy atom. The Balaban J connectivity index is 1.67. The molecule has 0 radical (unpaired) electrons. The van der Waals surface area contributed by atoms with E-state index in [1.165, 1.54) is 36.9 Å². The SMILES string of the molecule is c1ccc(CN(c2ccccc2)C23CCC2CC3)cc1. The summed E-state index contributed by atoms with van der Waals surface area (Å²) in [5.74, 6) is 0.936. The number of fused-ring (bicyclic) bond motifs is 1. The highest BCUT2D eigenvalue weighted by atomic mass is 15.2. The molecule has 2 aromatic carbocycles. The van der Waals surface area contributed by atoms with Crippen LogP contribution in [0.2, 0.25) is 0 Å². The van der Waals surface area contributed by atoms with Gasteiger partial charge in [-0.25, -0.2) is 0 Å². The van der Waals surface area contributed by atoms with Gasteiger partial charge in [-0.3, -0.25) is 0 Å². The molecule has 0 heterocycles. The number of hydrogen-bond donors (Lipinski definition) is 0. The largest absolute Gasteiger partial charge is 0.361 e. The van der Waals surface area contributed by atoms with Gasteiger partial charge in [0.25, 0.3) is 0 Å². The molecule has 0 aromatic heterocycles. The normalized spacial score (nSPS) is 27.1. The van der Waals surface area contributed by atoms with Crippen LogP contribution in [0.15, 0.2) is 60.7 Å². The van der Waals surface area contributed by atoms with Crippen LogP contribution in [-0.4, -0.2) is 5.54 Å². The number of hydrogen-bond acceptors (Lipinski definition) is 1. The third kappa shape index (κ3) is 1.76. The molecule has 0 saturated heterocycles. The summed E-state index contributed by atoms with van der Waals surface area (Å²) in [5.41, 5.74) is 3.28. The van der Waals surface area contributed by atoms with E-state index in [0.717, 1.165) is 12.5 Å². The molecule has 20 heavy (non-hydrogen) atoms. The summed E-state index contributed by atoms with van der Waals surface area (Å²) in [7, 11) is 0. The van der Waals surface area contributed by atoms with Crippen molar-refractivity contribution in [3.8, 4) is 0 Å². The molecule has 2 fully saturated rings. The molecule has 4 rings (SSSR count). The monoisotopic (exact) mass is 263 g/mol. The highest BCUT2D eigenvalue weighted by molar-refractivity contribution is 5.52. The van der Waals surface area contributed by atoms with Crippen molar-refractivity contribution in [1.82, 2.24) is 0 Å². The van der Waals surface area contributed by atoms with Crippen molar-refractivity contribution in [2.45, 2.75) is 37.8 Å². The average molecular weight is 263 g/mol. The van der Waals surface area contributed by atoms with Gasteiger partial charge < -0.3 is 4.90 Å². The second-order valence-electron chi connectivity index (χ2n) is 6.29. The molecule has 0 bridgehead atoms. The molecule has 2 aliphatic rings. The predicted octanol–water partition coefficient (Wildman–Crippen LogP) is 4.64. The summed E-state index contributed by atoms with van der Waals surface area (Å²) in [6.45, 7) is 1.04.